The topological polar surface area (TPSA) is 78.4 Å². The quantitative estimate of drug-likeness (QED) is 0.444. The number of rotatable bonds is 9. The minimum absolute atomic E-state index is 0.0150. The highest BCUT2D eigenvalue weighted by Gasteiger charge is 2.15. The van der Waals surface area contributed by atoms with Crippen molar-refractivity contribution in [3.05, 3.63) is 12.2 Å². The van der Waals surface area contributed by atoms with Gasteiger partial charge in [-0.1, -0.05) is 26.0 Å². The van der Waals surface area contributed by atoms with Crippen LogP contribution in [0.2, 0.25) is 0 Å². The summed E-state index contributed by atoms with van der Waals surface area (Å²) in [5.74, 6) is -0.413. The number of carboxylic acid groups (broad SMARTS) is 1. The molecule has 0 aromatic heterocycles. The second-order valence-corrected chi connectivity index (χ2v) is 5.09. The van der Waals surface area contributed by atoms with Crippen LogP contribution >= 0.6 is 0 Å². The zero-order valence-corrected chi connectivity index (χ0v) is 12.1. The van der Waals surface area contributed by atoms with Crippen LogP contribution in [-0.2, 0) is 4.79 Å². The minimum Gasteiger partial charge on any atom is -0.481 e. The largest absolute Gasteiger partial charge is 0.481 e. The molecule has 0 aliphatic rings. The first kappa shape index (κ1) is 17.5. The minimum atomic E-state index is -0.819. The monoisotopic (exact) mass is 270 g/mol. The van der Waals surface area contributed by atoms with Crippen LogP contribution in [0.1, 0.15) is 40.0 Å². The molecule has 0 fully saturated rings. The third kappa shape index (κ3) is 11.3. The summed E-state index contributed by atoms with van der Waals surface area (Å²) in [4.78, 5) is 22.2. The van der Waals surface area contributed by atoms with Gasteiger partial charge in [0.15, 0.2) is 0 Å². The third-order valence-corrected chi connectivity index (χ3v) is 2.65. The molecule has 0 radical (unpaired) electrons. The van der Waals surface area contributed by atoms with Crippen molar-refractivity contribution in [3.8, 4) is 0 Å². The molecule has 0 aromatic carbocycles. The molecule has 0 bridgehead atoms. The third-order valence-electron chi connectivity index (χ3n) is 2.65. The zero-order chi connectivity index (χ0) is 14.7. The van der Waals surface area contributed by atoms with Gasteiger partial charge in [0.05, 0.1) is 0 Å². The Labute approximate surface area is 115 Å². The maximum atomic E-state index is 11.5. The van der Waals surface area contributed by atoms with Crippen molar-refractivity contribution >= 4 is 12.0 Å². The Balaban J connectivity index is 3.94. The lowest BCUT2D eigenvalue weighted by molar-refractivity contribution is -0.138. The lowest BCUT2D eigenvalue weighted by atomic mass is 9.94. The molecule has 1 atom stereocenters. The van der Waals surface area contributed by atoms with E-state index in [1.54, 1.807) is 0 Å². The molecule has 0 heterocycles. The molecule has 0 saturated carbocycles. The Morgan fingerprint density at radius 1 is 1.26 bits per heavy atom. The summed E-state index contributed by atoms with van der Waals surface area (Å²) in [5, 5.41) is 14.3. The van der Waals surface area contributed by atoms with Crippen LogP contribution in [0.4, 0.5) is 4.79 Å². The number of nitrogens with one attached hydrogen (secondary N) is 2. The number of carboxylic acids is 1. The fourth-order valence-electron chi connectivity index (χ4n) is 1.89. The molecule has 0 aromatic rings. The fraction of sp³-hybridized carbons (Fsp3) is 0.714. The SMILES string of the molecule is C/C=C/CCNC(=O)NCC(CC(=O)O)CC(C)C. The van der Waals surface area contributed by atoms with Crippen LogP contribution < -0.4 is 10.6 Å². The lowest BCUT2D eigenvalue weighted by Crippen LogP contribution is -2.39. The van der Waals surface area contributed by atoms with E-state index < -0.39 is 5.97 Å². The molecule has 19 heavy (non-hydrogen) atoms. The van der Waals surface area contributed by atoms with Crippen molar-refractivity contribution in [1.29, 1.82) is 0 Å². The maximum absolute atomic E-state index is 11.5. The standard InChI is InChI=1S/C14H26N2O3/c1-4-5-6-7-15-14(19)16-10-12(8-11(2)3)9-13(17)18/h4-5,11-12H,6-10H2,1-3H3,(H,17,18)(H2,15,16,19)/b5-4+. The van der Waals surface area contributed by atoms with Gasteiger partial charge in [0.1, 0.15) is 0 Å². The van der Waals surface area contributed by atoms with Gasteiger partial charge in [0, 0.05) is 19.5 Å². The zero-order valence-electron chi connectivity index (χ0n) is 12.1. The summed E-state index contributed by atoms with van der Waals surface area (Å²) in [6.07, 6.45) is 5.61. The molecule has 3 N–H and O–H groups in total. The Morgan fingerprint density at radius 3 is 2.47 bits per heavy atom. The fourth-order valence-corrected chi connectivity index (χ4v) is 1.89. The van der Waals surface area contributed by atoms with Gasteiger partial charge in [-0.3, -0.25) is 4.79 Å². The van der Waals surface area contributed by atoms with Gasteiger partial charge in [-0.05, 0) is 31.6 Å². The van der Waals surface area contributed by atoms with Crippen LogP contribution in [-0.4, -0.2) is 30.2 Å². The summed E-state index contributed by atoms with van der Waals surface area (Å²) < 4.78 is 0. The van der Waals surface area contributed by atoms with Gasteiger partial charge in [0.2, 0.25) is 0 Å². The summed E-state index contributed by atoms with van der Waals surface area (Å²) in [7, 11) is 0. The lowest BCUT2D eigenvalue weighted by Gasteiger charge is -2.17. The van der Waals surface area contributed by atoms with Gasteiger partial charge in [-0.15, -0.1) is 0 Å². The van der Waals surface area contributed by atoms with Crippen LogP contribution in [0.3, 0.4) is 0 Å². The first-order valence-electron chi connectivity index (χ1n) is 6.80. The van der Waals surface area contributed by atoms with E-state index in [4.69, 9.17) is 5.11 Å². The number of hydrogen-bond acceptors (Lipinski definition) is 2. The van der Waals surface area contributed by atoms with E-state index in [1.165, 1.54) is 0 Å². The van der Waals surface area contributed by atoms with Crippen LogP contribution in [0.5, 0.6) is 0 Å². The molecule has 0 rings (SSSR count). The molecule has 110 valence electrons. The summed E-state index contributed by atoms with van der Waals surface area (Å²) in [6.45, 7) is 7.02. The Bertz CT molecular complexity index is 301. The second kappa shape index (κ2) is 10.4. The number of carbonyl (C=O) groups is 2. The van der Waals surface area contributed by atoms with E-state index in [2.05, 4.69) is 10.6 Å². The Hall–Kier alpha value is -1.52. The summed E-state index contributed by atoms with van der Waals surface area (Å²) in [6, 6.07) is -0.233. The van der Waals surface area contributed by atoms with E-state index in [0.717, 1.165) is 12.8 Å². The van der Waals surface area contributed by atoms with E-state index in [-0.39, 0.29) is 18.4 Å². The molecule has 5 heteroatoms. The van der Waals surface area contributed by atoms with Crippen molar-refractivity contribution in [2.24, 2.45) is 11.8 Å². The number of urea groups is 1. The van der Waals surface area contributed by atoms with Crippen molar-refractivity contribution in [2.45, 2.75) is 40.0 Å². The predicted octanol–water partition coefficient (Wildman–Crippen LogP) is 2.39. The van der Waals surface area contributed by atoms with Gasteiger partial charge >= 0.3 is 12.0 Å². The first-order valence-corrected chi connectivity index (χ1v) is 6.80. The smallest absolute Gasteiger partial charge is 0.314 e. The molecule has 0 spiro atoms. The molecule has 0 aliphatic carbocycles. The van der Waals surface area contributed by atoms with Crippen LogP contribution in [0, 0.1) is 11.8 Å². The predicted molar refractivity (Wildman–Crippen MR) is 76.0 cm³/mol. The van der Waals surface area contributed by atoms with Gasteiger partial charge < -0.3 is 15.7 Å². The highest BCUT2D eigenvalue weighted by atomic mass is 16.4. The van der Waals surface area contributed by atoms with Crippen LogP contribution in [0.15, 0.2) is 12.2 Å². The van der Waals surface area contributed by atoms with Gasteiger partial charge in [-0.25, -0.2) is 4.79 Å². The van der Waals surface area contributed by atoms with E-state index >= 15 is 0 Å². The molecule has 1 unspecified atom stereocenters. The maximum Gasteiger partial charge on any atom is 0.314 e. The Morgan fingerprint density at radius 2 is 1.95 bits per heavy atom. The van der Waals surface area contributed by atoms with Crippen LogP contribution in [0.25, 0.3) is 0 Å². The molecule has 0 saturated heterocycles. The van der Waals surface area contributed by atoms with E-state index in [9.17, 15) is 9.59 Å². The average molecular weight is 270 g/mol. The summed E-state index contributed by atoms with van der Waals surface area (Å²) >= 11 is 0. The second-order valence-electron chi connectivity index (χ2n) is 5.09. The first-order chi connectivity index (χ1) is 8.95. The highest BCUT2D eigenvalue weighted by Crippen LogP contribution is 2.14. The average Bonchev–Trinajstić information content (AvgIpc) is 2.30. The molecule has 2 amide bonds. The number of allylic oxidation sites excluding steroid dienone is 1. The van der Waals surface area contributed by atoms with Gasteiger partial charge in [0.25, 0.3) is 0 Å². The molecular formula is C14H26N2O3. The van der Waals surface area contributed by atoms with E-state index in [1.807, 2.05) is 32.9 Å². The molecular weight excluding hydrogens is 244 g/mol. The normalized spacial score (nSPS) is 12.6. The number of aliphatic carboxylic acids is 1. The van der Waals surface area contributed by atoms with Crippen molar-refractivity contribution in [2.75, 3.05) is 13.1 Å². The summed E-state index contributed by atoms with van der Waals surface area (Å²) in [5.41, 5.74) is 0. The van der Waals surface area contributed by atoms with Crippen molar-refractivity contribution < 1.29 is 14.7 Å². The van der Waals surface area contributed by atoms with Crippen molar-refractivity contribution in [3.63, 3.8) is 0 Å². The number of amides is 2. The number of hydrogen-bond donors (Lipinski definition) is 3. The number of carbonyl (C=O) groups excluding carboxylic acids is 1. The van der Waals surface area contributed by atoms with E-state index in [0.29, 0.717) is 19.0 Å². The van der Waals surface area contributed by atoms with Crippen molar-refractivity contribution in [1.82, 2.24) is 10.6 Å². The molecule has 0 aliphatic heterocycles. The molecule has 5 nitrogen and oxygen atoms in total. The van der Waals surface area contributed by atoms with Gasteiger partial charge in [-0.2, -0.15) is 0 Å². The highest BCUT2D eigenvalue weighted by molar-refractivity contribution is 5.74. The Kier molecular flexibility index (Phi) is 9.57.